The van der Waals surface area contributed by atoms with E-state index in [2.05, 4.69) is 15.3 Å². The third kappa shape index (κ3) is 1.68. The van der Waals surface area contributed by atoms with Gasteiger partial charge in [-0.25, -0.2) is 4.98 Å². The zero-order chi connectivity index (χ0) is 7.52. The van der Waals surface area contributed by atoms with E-state index in [9.17, 15) is 0 Å². The largest absolute Gasteiger partial charge is 0.352 e. The molecule has 0 spiro atoms. The summed E-state index contributed by atoms with van der Waals surface area (Å²) in [5, 5.41) is 3.33. The second-order valence-electron chi connectivity index (χ2n) is 2.64. The maximum absolute atomic E-state index is 4.10. The van der Waals surface area contributed by atoms with Crippen LogP contribution in [0.5, 0.6) is 0 Å². The van der Waals surface area contributed by atoms with Gasteiger partial charge >= 0.3 is 0 Å². The first kappa shape index (κ1) is 7.03. The molecule has 0 bridgehead atoms. The number of imidazole rings is 1. The molecule has 1 aromatic rings. The lowest BCUT2D eigenvalue weighted by Crippen LogP contribution is -2.18. The van der Waals surface area contributed by atoms with Gasteiger partial charge in [-0.2, -0.15) is 11.8 Å². The van der Waals surface area contributed by atoms with Gasteiger partial charge in [0.15, 0.2) is 5.95 Å². The van der Waals surface area contributed by atoms with Gasteiger partial charge in [0.1, 0.15) is 0 Å². The van der Waals surface area contributed by atoms with Gasteiger partial charge in [-0.3, -0.25) is 0 Å². The van der Waals surface area contributed by atoms with E-state index in [-0.39, 0.29) is 0 Å². The molecule has 1 atom stereocenters. The predicted octanol–water partition coefficient (Wildman–Crippen LogP) is 1.33. The number of aromatic amines is 1. The summed E-state index contributed by atoms with van der Waals surface area (Å²) >= 11 is 2.00. The van der Waals surface area contributed by atoms with Gasteiger partial charge in [-0.15, -0.1) is 0 Å². The predicted molar refractivity (Wildman–Crippen MR) is 47.9 cm³/mol. The van der Waals surface area contributed by atoms with Crippen LogP contribution in [0.2, 0.25) is 0 Å². The molecular formula is C7H11N3S. The summed E-state index contributed by atoms with van der Waals surface area (Å²) in [5.74, 6) is 3.39. The monoisotopic (exact) mass is 169 g/mol. The Hall–Kier alpha value is -0.640. The summed E-state index contributed by atoms with van der Waals surface area (Å²) in [5.41, 5.74) is 0. The molecule has 1 aromatic heterocycles. The van der Waals surface area contributed by atoms with Crippen molar-refractivity contribution in [3.63, 3.8) is 0 Å². The van der Waals surface area contributed by atoms with Crippen LogP contribution in [0, 0.1) is 0 Å². The Morgan fingerprint density at radius 2 is 2.73 bits per heavy atom. The van der Waals surface area contributed by atoms with Crippen molar-refractivity contribution in [2.75, 3.05) is 16.8 Å². The van der Waals surface area contributed by atoms with E-state index in [0.717, 1.165) is 5.95 Å². The molecule has 0 aromatic carbocycles. The fourth-order valence-electron chi connectivity index (χ4n) is 1.19. The molecule has 4 heteroatoms. The van der Waals surface area contributed by atoms with E-state index in [4.69, 9.17) is 0 Å². The van der Waals surface area contributed by atoms with Crippen LogP contribution in [0.25, 0.3) is 0 Å². The highest BCUT2D eigenvalue weighted by atomic mass is 32.2. The first-order chi connectivity index (χ1) is 5.45. The number of hydrogen-bond donors (Lipinski definition) is 2. The van der Waals surface area contributed by atoms with Crippen LogP contribution in [0.15, 0.2) is 12.4 Å². The van der Waals surface area contributed by atoms with Gasteiger partial charge in [0.05, 0.1) is 0 Å². The van der Waals surface area contributed by atoms with Gasteiger partial charge in [-0.05, 0) is 12.2 Å². The van der Waals surface area contributed by atoms with Crippen LogP contribution in [0.4, 0.5) is 5.95 Å². The summed E-state index contributed by atoms with van der Waals surface area (Å²) in [7, 11) is 0. The highest BCUT2D eigenvalue weighted by Crippen LogP contribution is 2.19. The van der Waals surface area contributed by atoms with Crippen molar-refractivity contribution in [2.45, 2.75) is 12.5 Å². The lowest BCUT2D eigenvalue weighted by atomic mass is 10.3. The smallest absolute Gasteiger partial charge is 0.200 e. The number of thioether (sulfide) groups is 1. The Bertz CT molecular complexity index is 203. The Kier molecular flexibility index (Phi) is 2.03. The highest BCUT2D eigenvalue weighted by Gasteiger charge is 2.15. The van der Waals surface area contributed by atoms with Crippen LogP contribution >= 0.6 is 11.8 Å². The van der Waals surface area contributed by atoms with Gasteiger partial charge in [-0.1, -0.05) is 0 Å². The SMILES string of the molecule is c1c[nH]c(NC2CCSC2)n1. The second-order valence-corrected chi connectivity index (χ2v) is 3.79. The van der Waals surface area contributed by atoms with Gasteiger partial charge in [0.2, 0.25) is 0 Å². The summed E-state index contributed by atoms with van der Waals surface area (Å²) in [6.45, 7) is 0. The lowest BCUT2D eigenvalue weighted by molar-refractivity contribution is 0.802. The topological polar surface area (TPSA) is 40.7 Å². The number of nitrogens with one attached hydrogen (secondary N) is 2. The number of hydrogen-bond acceptors (Lipinski definition) is 3. The number of rotatable bonds is 2. The Balaban J connectivity index is 1.90. The minimum absolute atomic E-state index is 0.617. The van der Waals surface area contributed by atoms with E-state index in [1.54, 1.807) is 6.20 Å². The number of aromatic nitrogens is 2. The molecule has 1 aliphatic heterocycles. The molecular weight excluding hydrogens is 158 g/mol. The Labute approximate surface area is 70.0 Å². The molecule has 60 valence electrons. The van der Waals surface area contributed by atoms with E-state index < -0.39 is 0 Å². The average Bonchev–Trinajstić information content (AvgIpc) is 2.60. The summed E-state index contributed by atoms with van der Waals surface area (Å²) in [6.07, 6.45) is 4.86. The van der Waals surface area contributed by atoms with Crippen LogP contribution in [-0.4, -0.2) is 27.5 Å². The minimum atomic E-state index is 0.617. The molecule has 1 fully saturated rings. The molecule has 2 rings (SSSR count). The van der Waals surface area contributed by atoms with Crippen LogP contribution in [-0.2, 0) is 0 Å². The lowest BCUT2D eigenvalue weighted by Gasteiger charge is -2.08. The van der Waals surface area contributed by atoms with Gasteiger partial charge in [0.25, 0.3) is 0 Å². The van der Waals surface area contributed by atoms with Crippen LogP contribution < -0.4 is 5.32 Å². The van der Waals surface area contributed by atoms with Crippen molar-refractivity contribution in [3.05, 3.63) is 12.4 Å². The Morgan fingerprint density at radius 1 is 1.73 bits per heavy atom. The van der Waals surface area contributed by atoms with Crippen molar-refractivity contribution in [1.29, 1.82) is 0 Å². The van der Waals surface area contributed by atoms with E-state index in [1.807, 2.05) is 18.0 Å². The van der Waals surface area contributed by atoms with Crippen molar-refractivity contribution in [3.8, 4) is 0 Å². The molecule has 0 aliphatic carbocycles. The molecule has 0 saturated carbocycles. The maximum Gasteiger partial charge on any atom is 0.200 e. The number of nitrogens with zero attached hydrogens (tertiary/aromatic N) is 1. The van der Waals surface area contributed by atoms with Gasteiger partial charge in [0, 0.05) is 24.2 Å². The van der Waals surface area contributed by atoms with Crippen molar-refractivity contribution in [2.24, 2.45) is 0 Å². The summed E-state index contributed by atoms with van der Waals surface area (Å²) < 4.78 is 0. The second kappa shape index (κ2) is 3.17. The first-order valence-corrected chi connectivity index (χ1v) is 4.94. The molecule has 1 unspecified atom stereocenters. The molecule has 0 radical (unpaired) electrons. The van der Waals surface area contributed by atoms with Crippen molar-refractivity contribution >= 4 is 17.7 Å². The van der Waals surface area contributed by atoms with E-state index >= 15 is 0 Å². The van der Waals surface area contributed by atoms with Gasteiger partial charge < -0.3 is 10.3 Å². The number of H-pyrrole nitrogens is 1. The minimum Gasteiger partial charge on any atom is -0.352 e. The molecule has 1 aliphatic rings. The molecule has 2 heterocycles. The highest BCUT2D eigenvalue weighted by molar-refractivity contribution is 7.99. The Morgan fingerprint density at radius 3 is 3.36 bits per heavy atom. The quantitative estimate of drug-likeness (QED) is 0.701. The van der Waals surface area contributed by atoms with Crippen LogP contribution in [0.3, 0.4) is 0 Å². The third-order valence-electron chi connectivity index (χ3n) is 1.77. The molecule has 1 saturated heterocycles. The standard InChI is InChI=1S/C7H11N3S/c1-4-11-5-6(1)10-7-8-2-3-9-7/h2-3,6H,1,4-5H2,(H2,8,9,10). The van der Waals surface area contributed by atoms with E-state index in [1.165, 1.54) is 17.9 Å². The zero-order valence-electron chi connectivity index (χ0n) is 6.21. The average molecular weight is 169 g/mol. The zero-order valence-corrected chi connectivity index (χ0v) is 7.03. The normalized spacial score (nSPS) is 23.8. The van der Waals surface area contributed by atoms with Crippen molar-refractivity contribution in [1.82, 2.24) is 9.97 Å². The maximum atomic E-state index is 4.10. The fourth-order valence-corrected chi connectivity index (χ4v) is 2.34. The van der Waals surface area contributed by atoms with E-state index in [0.29, 0.717) is 6.04 Å². The third-order valence-corrected chi connectivity index (χ3v) is 2.93. The first-order valence-electron chi connectivity index (χ1n) is 3.79. The molecule has 2 N–H and O–H groups in total. The van der Waals surface area contributed by atoms with Crippen molar-refractivity contribution < 1.29 is 0 Å². The summed E-state index contributed by atoms with van der Waals surface area (Å²) in [4.78, 5) is 7.14. The van der Waals surface area contributed by atoms with Crippen LogP contribution in [0.1, 0.15) is 6.42 Å². The fraction of sp³-hybridized carbons (Fsp3) is 0.571. The molecule has 11 heavy (non-hydrogen) atoms. The molecule has 0 amide bonds. The molecule has 3 nitrogen and oxygen atoms in total. The number of anilines is 1. The summed E-state index contributed by atoms with van der Waals surface area (Å²) in [6, 6.07) is 0.617.